The van der Waals surface area contributed by atoms with Crippen LogP contribution in [0, 0.1) is 6.92 Å². The highest BCUT2D eigenvalue weighted by molar-refractivity contribution is 6.06. The van der Waals surface area contributed by atoms with Crippen molar-refractivity contribution in [3.63, 3.8) is 0 Å². The zero-order valence-corrected chi connectivity index (χ0v) is 16.8. The summed E-state index contributed by atoms with van der Waals surface area (Å²) in [6.45, 7) is 7.96. The molecule has 0 fully saturated rings. The molecule has 0 radical (unpaired) electrons. The van der Waals surface area contributed by atoms with Crippen molar-refractivity contribution in [2.45, 2.75) is 39.7 Å². The van der Waals surface area contributed by atoms with Gasteiger partial charge < -0.3 is 9.73 Å². The van der Waals surface area contributed by atoms with E-state index in [9.17, 15) is 4.79 Å². The Labute approximate surface area is 163 Å². The lowest BCUT2D eigenvalue weighted by Crippen LogP contribution is -2.27. The zero-order valence-electron chi connectivity index (χ0n) is 16.8. The smallest absolute Gasteiger partial charge is 0.252 e. The monoisotopic (exact) mass is 376 g/mol. The van der Waals surface area contributed by atoms with Crippen molar-refractivity contribution in [3.8, 4) is 0 Å². The van der Waals surface area contributed by atoms with Gasteiger partial charge in [-0.05, 0) is 38.0 Å². The Morgan fingerprint density at radius 3 is 2.64 bits per heavy atom. The van der Waals surface area contributed by atoms with Gasteiger partial charge in [-0.15, -0.1) is 0 Å². The highest BCUT2D eigenvalue weighted by atomic mass is 16.3. The Bertz CT molecular complexity index is 1150. The number of furan rings is 1. The third kappa shape index (κ3) is 3.05. The number of hydrogen-bond donors (Lipinski definition) is 1. The van der Waals surface area contributed by atoms with E-state index in [4.69, 9.17) is 9.40 Å². The maximum atomic E-state index is 13.2. The molecule has 1 atom stereocenters. The summed E-state index contributed by atoms with van der Waals surface area (Å²) in [7, 11) is 1.85. The van der Waals surface area contributed by atoms with Gasteiger partial charge >= 0.3 is 0 Å². The molecule has 1 amide bonds. The second-order valence-electron chi connectivity index (χ2n) is 7.54. The standard InChI is InChI=1S/C22H24N4O2/c1-12(2)17-11-16(20-14(4)25-26(5)21(20)24-17)22(27)23-13(3)19-10-15-8-6-7-9-18(15)28-19/h6-13H,1-5H3,(H,23,27). The molecule has 0 aliphatic carbocycles. The summed E-state index contributed by atoms with van der Waals surface area (Å²) in [6.07, 6.45) is 0. The van der Waals surface area contributed by atoms with Crippen LogP contribution in [-0.2, 0) is 7.05 Å². The number of carbonyl (C=O) groups excluding carboxylic acids is 1. The Morgan fingerprint density at radius 1 is 1.18 bits per heavy atom. The van der Waals surface area contributed by atoms with E-state index in [-0.39, 0.29) is 17.9 Å². The van der Waals surface area contributed by atoms with E-state index in [1.165, 1.54) is 0 Å². The van der Waals surface area contributed by atoms with Gasteiger partial charge in [0, 0.05) is 18.1 Å². The second-order valence-corrected chi connectivity index (χ2v) is 7.54. The van der Waals surface area contributed by atoms with E-state index in [0.717, 1.165) is 39.2 Å². The van der Waals surface area contributed by atoms with Crippen molar-refractivity contribution in [2.75, 3.05) is 0 Å². The topological polar surface area (TPSA) is 73.0 Å². The van der Waals surface area contributed by atoms with Gasteiger partial charge in [0.1, 0.15) is 11.3 Å². The van der Waals surface area contributed by atoms with Crippen molar-refractivity contribution in [2.24, 2.45) is 7.05 Å². The molecule has 6 nitrogen and oxygen atoms in total. The molecule has 0 aliphatic rings. The number of rotatable bonds is 4. The molecule has 144 valence electrons. The lowest BCUT2D eigenvalue weighted by molar-refractivity contribution is 0.0937. The normalized spacial score (nSPS) is 12.8. The average molecular weight is 376 g/mol. The molecule has 1 N–H and O–H groups in total. The minimum atomic E-state index is -0.261. The first-order valence-electron chi connectivity index (χ1n) is 9.48. The summed E-state index contributed by atoms with van der Waals surface area (Å²) in [6, 6.07) is 11.4. The van der Waals surface area contributed by atoms with Crippen molar-refractivity contribution in [1.29, 1.82) is 0 Å². The third-order valence-corrected chi connectivity index (χ3v) is 5.04. The molecule has 4 rings (SSSR count). The number of nitrogens with zero attached hydrogens (tertiary/aromatic N) is 3. The number of aromatic nitrogens is 3. The number of carbonyl (C=O) groups is 1. The highest BCUT2D eigenvalue weighted by Crippen LogP contribution is 2.27. The number of hydrogen-bond acceptors (Lipinski definition) is 4. The molecular formula is C22H24N4O2. The van der Waals surface area contributed by atoms with E-state index in [1.54, 1.807) is 4.68 Å². The lowest BCUT2D eigenvalue weighted by Gasteiger charge is -2.14. The van der Waals surface area contributed by atoms with E-state index in [2.05, 4.69) is 24.3 Å². The first-order valence-corrected chi connectivity index (χ1v) is 9.48. The maximum absolute atomic E-state index is 13.2. The van der Waals surface area contributed by atoms with Crippen LogP contribution < -0.4 is 5.32 Å². The Kier molecular flexibility index (Phi) is 4.41. The first-order chi connectivity index (χ1) is 13.3. The highest BCUT2D eigenvalue weighted by Gasteiger charge is 2.22. The second kappa shape index (κ2) is 6.78. The third-order valence-electron chi connectivity index (χ3n) is 5.04. The summed E-state index contributed by atoms with van der Waals surface area (Å²) < 4.78 is 7.63. The van der Waals surface area contributed by atoms with Crippen LogP contribution in [0.2, 0.25) is 0 Å². The molecule has 0 saturated heterocycles. The summed E-state index contributed by atoms with van der Waals surface area (Å²) in [5, 5.41) is 9.34. The Morgan fingerprint density at radius 2 is 1.93 bits per heavy atom. The molecule has 4 aromatic rings. The molecule has 1 unspecified atom stereocenters. The molecule has 0 aliphatic heterocycles. The molecule has 0 bridgehead atoms. The number of aryl methyl sites for hydroxylation is 2. The van der Waals surface area contributed by atoms with Crippen LogP contribution in [0.3, 0.4) is 0 Å². The van der Waals surface area contributed by atoms with Gasteiger partial charge in [0.15, 0.2) is 5.65 Å². The molecule has 0 spiro atoms. The minimum absolute atomic E-state index is 0.154. The van der Waals surface area contributed by atoms with E-state index in [0.29, 0.717) is 5.56 Å². The van der Waals surface area contributed by atoms with Gasteiger partial charge in [-0.2, -0.15) is 5.10 Å². The molecular weight excluding hydrogens is 352 g/mol. The van der Waals surface area contributed by atoms with Crippen LogP contribution in [-0.4, -0.2) is 20.7 Å². The molecule has 3 aromatic heterocycles. The first kappa shape index (κ1) is 18.2. The predicted octanol–water partition coefficient (Wildman–Crippen LogP) is 4.64. The molecule has 3 heterocycles. The summed E-state index contributed by atoms with van der Waals surface area (Å²) >= 11 is 0. The molecule has 0 saturated carbocycles. The average Bonchev–Trinajstić information content (AvgIpc) is 3.22. The number of para-hydroxylation sites is 1. The number of amides is 1. The fourth-order valence-electron chi connectivity index (χ4n) is 3.50. The van der Waals surface area contributed by atoms with Crippen molar-refractivity contribution in [1.82, 2.24) is 20.1 Å². The largest absolute Gasteiger partial charge is 0.459 e. The zero-order chi connectivity index (χ0) is 20.0. The number of pyridine rings is 1. The minimum Gasteiger partial charge on any atom is -0.459 e. The van der Waals surface area contributed by atoms with E-state index >= 15 is 0 Å². The van der Waals surface area contributed by atoms with Gasteiger partial charge in [-0.3, -0.25) is 9.48 Å². The van der Waals surface area contributed by atoms with Gasteiger partial charge in [0.05, 0.1) is 22.7 Å². The van der Waals surface area contributed by atoms with Crippen molar-refractivity contribution >= 4 is 27.9 Å². The predicted molar refractivity (Wildman–Crippen MR) is 109 cm³/mol. The number of fused-ring (bicyclic) bond motifs is 2. The molecule has 28 heavy (non-hydrogen) atoms. The maximum Gasteiger partial charge on any atom is 0.252 e. The van der Waals surface area contributed by atoms with Crippen LogP contribution in [0.4, 0.5) is 0 Å². The van der Waals surface area contributed by atoms with Crippen LogP contribution >= 0.6 is 0 Å². The summed E-state index contributed by atoms with van der Waals surface area (Å²) in [4.78, 5) is 17.9. The molecule has 1 aromatic carbocycles. The summed E-state index contributed by atoms with van der Waals surface area (Å²) in [5.41, 5.74) is 3.81. The quantitative estimate of drug-likeness (QED) is 0.563. The van der Waals surface area contributed by atoms with Crippen LogP contribution in [0.1, 0.15) is 60.2 Å². The Hall–Kier alpha value is -3.15. The SMILES string of the molecule is Cc1nn(C)c2nc(C(C)C)cc(C(=O)NC(C)c3cc4ccccc4o3)c12. The number of nitrogens with one attached hydrogen (secondary N) is 1. The lowest BCUT2D eigenvalue weighted by atomic mass is 10.0. The van der Waals surface area contributed by atoms with Gasteiger partial charge in [-0.25, -0.2) is 4.98 Å². The Balaban J connectivity index is 1.71. The van der Waals surface area contributed by atoms with Crippen molar-refractivity contribution in [3.05, 3.63) is 59.1 Å². The fraction of sp³-hybridized carbons (Fsp3) is 0.318. The summed E-state index contributed by atoms with van der Waals surface area (Å²) in [5.74, 6) is 0.782. The van der Waals surface area contributed by atoms with Crippen LogP contribution in [0.5, 0.6) is 0 Å². The van der Waals surface area contributed by atoms with E-state index in [1.807, 2.05) is 57.3 Å². The number of benzene rings is 1. The van der Waals surface area contributed by atoms with Gasteiger partial charge in [-0.1, -0.05) is 32.0 Å². The van der Waals surface area contributed by atoms with Gasteiger partial charge in [0.2, 0.25) is 0 Å². The molecule has 6 heteroatoms. The van der Waals surface area contributed by atoms with Crippen molar-refractivity contribution < 1.29 is 9.21 Å². The van der Waals surface area contributed by atoms with E-state index < -0.39 is 0 Å². The fourth-order valence-corrected chi connectivity index (χ4v) is 3.50. The van der Waals surface area contributed by atoms with Gasteiger partial charge in [0.25, 0.3) is 5.91 Å². The van der Waals surface area contributed by atoms with Crippen LogP contribution in [0.15, 0.2) is 40.8 Å². The van der Waals surface area contributed by atoms with Crippen LogP contribution in [0.25, 0.3) is 22.0 Å².